The van der Waals surface area contributed by atoms with Crippen LogP contribution in [0.1, 0.15) is 33.2 Å². The van der Waals surface area contributed by atoms with E-state index in [2.05, 4.69) is 15.8 Å². The third kappa shape index (κ3) is 5.84. The van der Waals surface area contributed by atoms with Crippen LogP contribution in [0.3, 0.4) is 0 Å². The number of hydrogen-bond acceptors (Lipinski definition) is 4. The summed E-state index contributed by atoms with van der Waals surface area (Å²) in [7, 11) is 1.57. The number of rotatable bonds is 6. The molecule has 2 N–H and O–H groups in total. The molecule has 31 heavy (non-hydrogen) atoms. The van der Waals surface area contributed by atoms with Crippen LogP contribution in [0.15, 0.2) is 71.8 Å². The smallest absolute Gasteiger partial charge is 0.272 e. The molecule has 0 fully saturated rings. The molecule has 0 heterocycles. The molecular weight excluding hydrogens is 437 g/mol. The zero-order chi connectivity index (χ0) is 22.4. The van der Waals surface area contributed by atoms with Crippen LogP contribution in [-0.2, 0) is 0 Å². The molecule has 0 radical (unpaired) electrons. The monoisotopic (exact) mass is 455 g/mol. The largest absolute Gasteiger partial charge is 0.497 e. The molecule has 0 saturated heterocycles. The zero-order valence-corrected chi connectivity index (χ0v) is 18.3. The van der Waals surface area contributed by atoms with Crippen molar-refractivity contribution in [3.63, 3.8) is 0 Å². The molecule has 2 amide bonds. The third-order valence-electron chi connectivity index (χ3n) is 4.41. The van der Waals surface area contributed by atoms with E-state index in [4.69, 9.17) is 27.9 Å². The highest BCUT2D eigenvalue weighted by Crippen LogP contribution is 2.21. The van der Waals surface area contributed by atoms with E-state index in [1.165, 1.54) is 12.1 Å². The minimum atomic E-state index is -0.440. The molecular formula is C23H19Cl2N3O3. The molecule has 3 rings (SSSR count). The topological polar surface area (TPSA) is 79.8 Å². The van der Waals surface area contributed by atoms with Gasteiger partial charge in [0.25, 0.3) is 11.8 Å². The summed E-state index contributed by atoms with van der Waals surface area (Å²) in [6, 6.07) is 18.5. The average molecular weight is 456 g/mol. The maximum Gasteiger partial charge on any atom is 0.272 e. The minimum Gasteiger partial charge on any atom is -0.497 e. The fraction of sp³-hybridized carbons (Fsp3) is 0.0870. The van der Waals surface area contributed by atoms with E-state index >= 15 is 0 Å². The second-order valence-corrected chi connectivity index (χ2v) is 7.37. The van der Waals surface area contributed by atoms with E-state index < -0.39 is 5.91 Å². The second-order valence-electron chi connectivity index (χ2n) is 6.52. The van der Waals surface area contributed by atoms with E-state index in [9.17, 15) is 9.59 Å². The maximum atomic E-state index is 12.4. The van der Waals surface area contributed by atoms with Crippen LogP contribution in [0.4, 0.5) is 5.69 Å². The SMILES string of the molecule is COc1ccc(C(=O)Nc2ccc(/C(C)=N/NC(=O)c3ccc(Cl)cc3Cl)cc2)cc1. The van der Waals surface area contributed by atoms with Crippen molar-refractivity contribution < 1.29 is 14.3 Å². The van der Waals surface area contributed by atoms with Gasteiger partial charge in [0.15, 0.2) is 0 Å². The number of ether oxygens (including phenoxy) is 1. The predicted molar refractivity (Wildman–Crippen MR) is 124 cm³/mol. The number of benzene rings is 3. The summed E-state index contributed by atoms with van der Waals surface area (Å²) < 4.78 is 5.09. The van der Waals surface area contributed by atoms with Crippen molar-refractivity contribution in [1.82, 2.24) is 5.43 Å². The first-order valence-electron chi connectivity index (χ1n) is 9.23. The average Bonchev–Trinajstić information content (AvgIpc) is 2.77. The Balaban J connectivity index is 1.63. The summed E-state index contributed by atoms with van der Waals surface area (Å²) >= 11 is 11.9. The van der Waals surface area contributed by atoms with E-state index in [0.29, 0.717) is 27.7 Å². The Kier molecular flexibility index (Phi) is 7.28. The molecule has 3 aromatic rings. The number of nitrogens with zero attached hydrogens (tertiary/aromatic N) is 1. The summed E-state index contributed by atoms with van der Waals surface area (Å²) in [4.78, 5) is 24.6. The van der Waals surface area contributed by atoms with Gasteiger partial charge in [-0.3, -0.25) is 9.59 Å². The highest BCUT2D eigenvalue weighted by molar-refractivity contribution is 6.36. The van der Waals surface area contributed by atoms with Gasteiger partial charge in [0.05, 0.1) is 23.4 Å². The van der Waals surface area contributed by atoms with Crippen molar-refractivity contribution in [2.75, 3.05) is 12.4 Å². The van der Waals surface area contributed by atoms with Gasteiger partial charge in [-0.2, -0.15) is 5.10 Å². The van der Waals surface area contributed by atoms with Crippen molar-refractivity contribution in [3.05, 3.63) is 93.5 Å². The first-order chi connectivity index (χ1) is 14.9. The van der Waals surface area contributed by atoms with Crippen molar-refractivity contribution in [3.8, 4) is 5.75 Å². The Hall–Kier alpha value is -3.35. The van der Waals surface area contributed by atoms with Gasteiger partial charge in [-0.1, -0.05) is 35.3 Å². The lowest BCUT2D eigenvalue weighted by atomic mass is 10.1. The van der Waals surface area contributed by atoms with Crippen LogP contribution in [0.25, 0.3) is 0 Å². The summed E-state index contributed by atoms with van der Waals surface area (Å²) in [5, 5.41) is 7.63. The van der Waals surface area contributed by atoms with Gasteiger partial charge in [-0.25, -0.2) is 5.43 Å². The molecule has 0 aliphatic heterocycles. The van der Waals surface area contributed by atoms with Gasteiger partial charge in [0.1, 0.15) is 5.75 Å². The summed E-state index contributed by atoms with van der Waals surface area (Å²) in [5.41, 5.74) is 5.28. The number of carbonyl (C=O) groups excluding carboxylic acids is 2. The minimum absolute atomic E-state index is 0.229. The molecule has 158 valence electrons. The Morgan fingerprint density at radius 2 is 1.52 bits per heavy atom. The third-order valence-corrected chi connectivity index (χ3v) is 4.96. The first-order valence-corrected chi connectivity index (χ1v) is 9.98. The highest BCUT2D eigenvalue weighted by atomic mass is 35.5. The molecule has 0 spiro atoms. The number of hydrogen-bond donors (Lipinski definition) is 2. The van der Waals surface area contributed by atoms with E-state index in [1.54, 1.807) is 68.6 Å². The molecule has 8 heteroatoms. The quantitative estimate of drug-likeness (QED) is 0.385. The van der Waals surface area contributed by atoms with Crippen molar-refractivity contribution in [2.45, 2.75) is 6.92 Å². The van der Waals surface area contributed by atoms with Gasteiger partial charge in [-0.05, 0) is 67.1 Å². The molecule has 0 saturated carbocycles. The Morgan fingerprint density at radius 1 is 0.871 bits per heavy atom. The molecule has 0 bridgehead atoms. The standard InChI is InChI=1S/C23H19Cl2N3O3/c1-14(27-28-23(30)20-12-7-17(24)13-21(20)25)15-3-8-18(9-4-15)26-22(29)16-5-10-19(31-2)11-6-16/h3-13H,1-2H3,(H,26,29)(H,28,30)/b27-14+. The number of anilines is 1. The fourth-order valence-corrected chi connectivity index (χ4v) is 3.17. The van der Waals surface area contributed by atoms with Crippen LogP contribution in [0.5, 0.6) is 5.75 Å². The van der Waals surface area contributed by atoms with E-state index in [0.717, 1.165) is 5.56 Å². The molecule has 0 unspecified atom stereocenters. The van der Waals surface area contributed by atoms with Gasteiger partial charge < -0.3 is 10.1 Å². The number of hydrazone groups is 1. The van der Waals surface area contributed by atoms with Crippen molar-refractivity contribution in [1.29, 1.82) is 0 Å². The summed E-state index contributed by atoms with van der Waals surface area (Å²) in [6.07, 6.45) is 0. The number of methoxy groups -OCH3 is 1. The van der Waals surface area contributed by atoms with Crippen LogP contribution < -0.4 is 15.5 Å². The van der Waals surface area contributed by atoms with Crippen LogP contribution >= 0.6 is 23.2 Å². The Bertz CT molecular complexity index is 1130. The number of nitrogens with one attached hydrogen (secondary N) is 2. The van der Waals surface area contributed by atoms with Crippen LogP contribution in [0, 0.1) is 0 Å². The molecule has 0 aromatic heterocycles. The Labute approximate surface area is 189 Å². The number of carbonyl (C=O) groups is 2. The lowest BCUT2D eigenvalue weighted by Gasteiger charge is -2.08. The molecule has 0 atom stereocenters. The van der Waals surface area contributed by atoms with Crippen LogP contribution in [-0.4, -0.2) is 24.6 Å². The lowest BCUT2D eigenvalue weighted by Crippen LogP contribution is -2.19. The highest BCUT2D eigenvalue weighted by Gasteiger charge is 2.11. The van der Waals surface area contributed by atoms with Gasteiger partial charge >= 0.3 is 0 Å². The number of amides is 2. The van der Waals surface area contributed by atoms with Crippen molar-refractivity contribution in [2.24, 2.45) is 5.10 Å². The first kappa shape index (κ1) is 22.3. The Morgan fingerprint density at radius 3 is 2.13 bits per heavy atom. The molecule has 0 aliphatic carbocycles. The van der Waals surface area contributed by atoms with Gasteiger partial charge in [0.2, 0.25) is 0 Å². The summed E-state index contributed by atoms with van der Waals surface area (Å²) in [6.45, 7) is 1.76. The second kappa shape index (κ2) is 10.1. The van der Waals surface area contributed by atoms with Crippen LogP contribution in [0.2, 0.25) is 10.0 Å². The zero-order valence-electron chi connectivity index (χ0n) is 16.8. The van der Waals surface area contributed by atoms with E-state index in [1.807, 2.05) is 0 Å². The lowest BCUT2D eigenvalue weighted by molar-refractivity contribution is 0.0954. The predicted octanol–water partition coefficient (Wildman–Crippen LogP) is 5.41. The molecule has 0 aliphatic rings. The molecule has 3 aromatic carbocycles. The maximum absolute atomic E-state index is 12.4. The van der Waals surface area contributed by atoms with Crippen molar-refractivity contribution >= 4 is 46.4 Å². The van der Waals surface area contributed by atoms with Gasteiger partial charge in [-0.15, -0.1) is 0 Å². The fourth-order valence-electron chi connectivity index (χ4n) is 2.67. The van der Waals surface area contributed by atoms with E-state index in [-0.39, 0.29) is 16.5 Å². The number of halogens is 2. The van der Waals surface area contributed by atoms with Gasteiger partial charge in [0, 0.05) is 16.3 Å². The summed E-state index contributed by atoms with van der Waals surface area (Å²) in [5.74, 6) is 0.0124. The normalized spacial score (nSPS) is 11.0. The molecule has 6 nitrogen and oxygen atoms in total.